The third kappa shape index (κ3) is 1.49. The van der Waals surface area contributed by atoms with Crippen LogP contribution in [0.3, 0.4) is 0 Å². The minimum absolute atomic E-state index is 0.420. The van der Waals surface area contributed by atoms with Gasteiger partial charge >= 0.3 is 0 Å². The van der Waals surface area contributed by atoms with Crippen molar-refractivity contribution in [2.75, 3.05) is 12.8 Å². The van der Waals surface area contributed by atoms with Gasteiger partial charge in [0.2, 0.25) is 0 Å². The van der Waals surface area contributed by atoms with E-state index >= 15 is 0 Å². The molecule has 2 N–H and O–H groups in total. The second-order valence-corrected chi connectivity index (χ2v) is 3.71. The number of fused-ring (bicyclic) bond motifs is 1. The fourth-order valence-electron chi connectivity index (χ4n) is 1.55. The van der Waals surface area contributed by atoms with Gasteiger partial charge in [-0.3, -0.25) is 4.98 Å². The molecule has 1 aromatic carbocycles. The maximum absolute atomic E-state index is 6.03. The normalized spacial score (nSPS) is 10.6. The number of nitrogens with zero attached hydrogens (tertiary/aromatic N) is 1. The van der Waals surface area contributed by atoms with Gasteiger partial charge in [0.15, 0.2) is 0 Å². The molecule has 15 heavy (non-hydrogen) atoms. The van der Waals surface area contributed by atoms with Crippen LogP contribution in [0.2, 0.25) is 5.02 Å². The van der Waals surface area contributed by atoms with Gasteiger partial charge in [0.1, 0.15) is 10.8 Å². The van der Waals surface area contributed by atoms with Crippen molar-refractivity contribution >= 4 is 28.2 Å². The lowest BCUT2D eigenvalue weighted by atomic mass is 10.1. The van der Waals surface area contributed by atoms with Crippen molar-refractivity contribution in [1.29, 1.82) is 0 Å². The van der Waals surface area contributed by atoms with Crippen LogP contribution in [0.5, 0.6) is 5.75 Å². The molecule has 0 saturated carbocycles. The summed E-state index contributed by atoms with van der Waals surface area (Å²) in [5.74, 6) is 0.581. The molecule has 1 aromatic heterocycles. The lowest BCUT2D eigenvalue weighted by Gasteiger charge is -2.10. The van der Waals surface area contributed by atoms with Gasteiger partial charge in [-0.1, -0.05) is 11.6 Å². The number of ether oxygens (including phenoxy) is 1. The molecule has 0 amide bonds. The molecule has 0 bridgehead atoms. The topological polar surface area (TPSA) is 48.1 Å². The quantitative estimate of drug-likeness (QED) is 0.755. The standard InChI is InChI=1S/C11H11ClN2O/c1-6-3-4-14-11-7(6)5-8(15-2)9(12)10(11)13/h3-5H,13H2,1-2H3. The summed E-state index contributed by atoms with van der Waals surface area (Å²) in [7, 11) is 1.57. The summed E-state index contributed by atoms with van der Waals surface area (Å²) in [4.78, 5) is 4.21. The summed E-state index contributed by atoms with van der Waals surface area (Å²) >= 11 is 6.03. The zero-order valence-electron chi connectivity index (χ0n) is 8.54. The molecular weight excluding hydrogens is 212 g/mol. The zero-order valence-corrected chi connectivity index (χ0v) is 9.30. The van der Waals surface area contributed by atoms with Gasteiger partial charge in [0, 0.05) is 11.6 Å². The van der Waals surface area contributed by atoms with Crippen molar-refractivity contribution in [2.24, 2.45) is 0 Å². The largest absolute Gasteiger partial charge is 0.495 e. The molecular formula is C11H11ClN2O. The third-order valence-electron chi connectivity index (χ3n) is 2.41. The number of halogens is 1. The predicted molar refractivity (Wildman–Crippen MR) is 62.5 cm³/mol. The Morgan fingerprint density at radius 1 is 1.47 bits per heavy atom. The van der Waals surface area contributed by atoms with E-state index in [1.807, 2.05) is 19.1 Å². The number of rotatable bonds is 1. The van der Waals surface area contributed by atoms with Gasteiger partial charge < -0.3 is 10.5 Å². The number of nitrogens with two attached hydrogens (primary N) is 1. The van der Waals surface area contributed by atoms with Crippen LogP contribution in [-0.2, 0) is 0 Å². The van der Waals surface area contributed by atoms with Crippen molar-refractivity contribution in [3.63, 3.8) is 0 Å². The molecule has 0 aliphatic carbocycles. The van der Waals surface area contributed by atoms with Gasteiger partial charge in [-0.2, -0.15) is 0 Å². The van der Waals surface area contributed by atoms with Crippen LogP contribution < -0.4 is 10.5 Å². The second-order valence-electron chi connectivity index (χ2n) is 3.33. The number of benzene rings is 1. The van der Waals surface area contributed by atoms with Crippen LogP contribution in [0.1, 0.15) is 5.56 Å². The molecule has 0 atom stereocenters. The lowest BCUT2D eigenvalue weighted by molar-refractivity contribution is 0.416. The van der Waals surface area contributed by atoms with Gasteiger partial charge in [-0.15, -0.1) is 0 Å². The highest BCUT2D eigenvalue weighted by atomic mass is 35.5. The van der Waals surface area contributed by atoms with Crippen molar-refractivity contribution in [1.82, 2.24) is 4.98 Å². The highest BCUT2D eigenvalue weighted by Crippen LogP contribution is 2.36. The van der Waals surface area contributed by atoms with E-state index < -0.39 is 0 Å². The van der Waals surface area contributed by atoms with Gasteiger partial charge in [-0.25, -0.2) is 0 Å². The lowest BCUT2D eigenvalue weighted by Crippen LogP contribution is -1.95. The van der Waals surface area contributed by atoms with Gasteiger partial charge in [-0.05, 0) is 24.6 Å². The Morgan fingerprint density at radius 2 is 2.20 bits per heavy atom. The molecule has 78 valence electrons. The molecule has 0 radical (unpaired) electrons. The number of pyridine rings is 1. The van der Waals surface area contributed by atoms with E-state index in [1.54, 1.807) is 13.3 Å². The average Bonchev–Trinajstić information content (AvgIpc) is 2.24. The molecule has 0 fully saturated rings. The first kappa shape index (κ1) is 10.1. The molecule has 2 rings (SSSR count). The SMILES string of the molecule is COc1cc2c(C)ccnc2c(N)c1Cl. The Balaban J connectivity index is 2.91. The van der Waals surface area contributed by atoms with E-state index in [2.05, 4.69) is 4.98 Å². The zero-order chi connectivity index (χ0) is 11.0. The Labute approximate surface area is 92.8 Å². The summed E-state index contributed by atoms with van der Waals surface area (Å²) in [5.41, 5.74) is 8.18. The number of aryl methyl sites for hydroxylation is 1. The third-order valence-corrected chi connectivity index (χ3v) is 2.80. The summed E-state index contributed by atoms with van der Waals surface area (Å²) < 4.78 is 5.15. The fraction of sp³-hybridized carbons (Fsp3) is 0.182. The van der Waals surface area contributed by atoms with Crippen molar-refractivity contribution in [2.45, 2.75) is 6.92 Å². The molecule has 1 heterocycles. The molecule has 0 aliphatic heterocycles. The van der Waals surface area contributed by atoms with Gasteiger partial charge in [0.05, 0.1) is 18.3 Å². The van der Waals surface area contributed by atoms with E-state index in [4.69, 9.17) is 22.1 Å². The maximum atomic E-state index is 6.03. The van der Waals surface area contributed by atoms with Crippen molar-refractivity contribution < 1.29 is 4.74 Å². The van der Waals surface area contributed by atoms with Gasteiger partial charge in [0.25, 0.3) is 0 Å². The van der Waals surface area contributed by atoms with Crippen LogP contribution in [0.4, 0.5) is 5.69 Å². The maximum Gasteiger partial charge on any atom is 0.140 e. The number of hydrogen-bond acceptors (Lipinski definition) is 3. The summed E-state index contributed by atoms with van der Waals surface area (Å²) in [6.45, 7) is 2.00. The smallest absolute Gasteiger partial charge is 0.140 e. The minimum Gasteiger partial charge on any atom is -0.495 e. The molecule has 2 aromatic rings. The molecule has 0 aliphatic rings. The first-order chi connectivity index (χ1) is 7.15. The number of methoxy groups -OCH3 is 1. The minimum atomic E-state index is 0.420. The Morgan fingerprint density at radius 3 is 2.87 bits per heavy atom. The summed E-state index contributed by atoms with van der Waals surface area (Å²) in [6.07, 6.45) is 1.72. The number of hydrogen-bond donors (Lipinski definition) is 1. The highest BCUT2D eigenvalue weighted by molar-refractivity contribution is 6.36. The molecule has 0 spiro atoms. The Bertz CT molecular complexity index is 525. The predicted octanol–water partition coefficient (Wildman–Crippen LogP) is 2.79. The molecule has 4 heteroatoms. The van der Waals surface area contributed by atoms with E-state index in [0.717, 1.165) is 16.5 Å². The number of anilines is 1. The van der Waals surface area contributed by atoms with E-state index in [1.165, 1.54) is 0 Å². The van der Waals surface area contributed by atoms with E-state index in [0.29, 0.717) is 16.5 Å². The van der Waals surface area contributed by atoms with Crippen LogP contribution >= 0.6 is 11.6 Å². The van der Waals surface area contributed by atoms with E-state index in [-0.39, 0.29) is 0 Å². The summed E-state index contributed by atoms with van der Waals surface area (Å²) in [5, 5.41) is 1.39. The number of nitrogen functional groups attached to an aromatic ring is 1. The average molecular weight is 223 g/mol. The number of aromatic nitrogens is 1. The van der Waals surface area contributed by atoms with E-state index in [9.17, 15) is 0 Å². The fourth-order valence-corrected chi connectivity index (χ4v) is 1.77. The van der Waals surface area contributed by atoms with Crippen molar-refractivity contribution in [3.8, 4) is 5.75 Å². The molecule has 3 nitrogen and oxygen atoms in total. The highest BCUT2D eigenvalue weighted by Gasteiger charge is 2.11. The van der Waals surface area contributed by atoms with Crippen molar-refractivity contribution in [3.05, 3.63) is 28.9 Å². The monoisotopic (exact) mass is 222 g/mol. The molecule has 0 saturated heterocycles. The first-order valence-electron chi connectivity index (χ1n) is 4.52. The van der Waals surface area contributed by atoms with Crippen LogP contribution in [-0.4, -0.2) is 12.1 Å². The Hall–Kier alpha value is -1.48. The molecule has 0 unspecified atom stereocenters. The van der Waals surface area contributed by atoms with Crippen LogP contribution in [0, 0.1) is 6.92 Å². The second kappa shape index (κ2) is 3.59. The van der Waals surface area contributed by atoms with Crippen LogP contribution in [0.15, 0.2) is 18.3 Å². The first-order valence-corrected chi connectivity index (χ1v) is 4.90. The summed E-state index contributed by atoms with van der Waals surface area (Å²) in [6, 6.07) is 3.78. The van der Waals surface area contributed by atoms with Crippen LogP contribution in [0.25, 0.3) is 10.9 Å². The Kier molecular flexibility index (Phi) is 2.40.